The monoisotopic (exact) mass is 452 g/mol. The van der Waals surface area contributed by atoms with Crippen molar-refractivity contribution in [2.75, 3.05) is 4.31 Å². The Morgan fingerprint density at radius 1 is 1.00 bits per heavy atom. The van der Waals surface area contributed by atoms with E-state index in [1.165, 1.54) is 34.7 Å². The van der Waals surface area contributed by atoms with E-state index in [1.807, 2.05) is 25.1 Å². The third-order valence-corrected chi connectivity index (χ3v) is 8.03. The van der Waals surface area contributed by atoms with Gasteiger partial charge < -0.3 is 5.11 Å². The first-order valence-corrected chi connectivity index (χ1v) is 11.8. The fraction of sp³-hybridized carbons (Fsp3) is 0.130. The summed E-state index contributed by atoms with van der Waals surface area (Å²) in [5.41, 5.74) is 2.88. The van der Waals surface area contributed by atoms with Crippen LogP contribution in [0.3, 0.4) is 0 Å². The van der Waals surface area contributed by atoms with Gasteiger partial charge in [-0.1, -0.05) is 41.7 Å². The second kappa shape index (κ2) is 7.79. The van der Waals surface area contributed by atoms with E-state index in [9.17, 15) is 18.3 Å². The minimum atomic E-state index is -4.15. The summed E-state index contributed by atoms with van der Waals surface area (Å²) >= 11 is 1.27. The number of sulfonamides is 1. The Morgan fingerprint density at radius 2 is 1.71 bits per heavy atom. The first-order valence-electron chi connectivity index (χ1n) is 9.51. The summed E-state index contributed by atoms with van der Waals surface area (Å²) in [4.78, 5) is 16.3. The normalized spacial score (nSPS) is 11.6. The van der Waals surface area contributed by atoms with Gasteiger partial charge >= 0.3 is 5.97 Å². The summed E-state index contributed by atoms with van der Waals surface area (Å²) in [7, 11) is -4.15. The van der Waals surface area contributed by atoms with Gasteiger partial charge in [0.15, 0.2) is 0 Å². The van der Waals surface area contributed by atoms with Crippen molar-refractivity contribution in [3.63, 3.8) is 0 Å². The molecule has 6 nitrogen and oxygen atoms in total. The van der Waals surface area contributed by atoms with Crippen molar-refractivity contribution < 1.29 is 18.3 Å². The molecule has 31 heavy (non-hydrogen) atoms. The Balaban J connectivity index is 1.98. The number of carboxylic acid groups (broad SMARTS) is 1. The minimum Gasteiger partial charge on any atom is -0.478 e. The van der Waals surface area contributed by atoms with E-state index >= 15 is 0 Å². The third-order valence-electron chi connectivity index (χ3n) is 5.05. The maximum Gasteiger partial charge on any atom is 0.336 e. The highest BCUT2D eigenvalue weighted by Gasteiger charge is 2.32. The Kier molecular flexibility index (Phi) is 5.28. The van der Waals surface area contributed by atoms with Gasteiger partial charge in [0.2, 0.25) is 5.13 Å². The Hall–Kier alpha value is -3.23. The number of rotatable bonds is 5. The number of nitrogens with zero attached hydrogens (tertiary/aromatic N) is 2. The van der Waals surface area contributed by atoms with E-state index in [0.717, 1.165) is 10.3 Å². The lowest BCUT2D eigenvalue weighted by atomic mass is 10.0. The third kappa shape index (κ3) is 3.68. The molecule has 0 aliphatic heterocycles. The number of carboxylic acids is 1. The number of anilines is 2. The van der Waals surface area contributed by atoms with Crippen molar-refractivity contribution in [1.82, 2.24) is 4.98 Å². The summed E-state index contributed by atoms with van der Waals surface area (Å²) in [5, 5.41) is 9.91. The van der Waals surface area contributed by atoms with Gasteiger partial charge in [-0.15, -0.1) is 0 Å². The highest BCUT2D eigenvalue weighted by atomic mass is 32.2. The topological polar surface area (TPSA) is 87.6 Å². The number of aryl methyl sites for hydroxylation is 2. The summed E-state index contributed by atoms with van der Waals surface area (Å²) in [6.07, 6.45) is 0. The summed E-state index contributed by atoms with van der Waals surface area (Å²) in [6.45, 7) is 5.14. The van der Waals surface area contributed by atoms with Gasteiger partial charge in [0.1, 0.15) is 0 Å². The molecular weight excluding hydrogens is 432 g/mol. The minimum absolute atomic E-state index is 0.00555. The number of hydrogen-bond donors (Lipinski definition) is 1. The molecule has 0 spiro atoms. The summed E-state index contributed by atoms with van der Waals surface area (Å²) in [5.74, 6) is -1.16. The van der Waals surface area contributed by atoms with Crippen LogP contribution in [0.25, 0.3) is 10.2 Å². The number of thiazole rings is 1. The van der Waals surface area contributed by atoms with Gasteiger partial charge in [0.25, 0.3) is 10.0 Å². The van der Waals surface area contributed by atoms with E-state index in [0.29, 0.717) is 21.9 Å². The number of para-hydroxylation sites is 1. The lowest BCUT2D eigenvalue weighted by molar-refractivity contribution is 0.0695. The van der Waals surface area contributed by atoms with Crippen LogP contribution in [0.2, 0.25) is 0 Å². The standard InChI is InChI=1S/C23H20N2O4S2/c1-14-9-11-18-19(13-14)30-23(24-18)25(17-7-5-4-6-8-17)31(28,29)20-12-10-15(2)21(16(20)3)22(26)27/h4-13H,1-3H3,(H,26,27). The highest BCUT2D eigenvalue weighted by molar-refractivity contribution is 7.93. The highest BCUT2D eigenvalue weighted by Crippen LogP contribution is 2.39. The first-order chi connectivity index (χ1) is 14.7. The number of benzene rings is 3. The molecule has 158 valence electrons. The van der Waals surface area contributed by atoms with Crippen LogP contribution in [0.15, 0.2) is 65.6 Å². The number of carbonyl (C=O) groups is 1. The predicted molar refractivity (Wildman–Crippen MR) is 123 cm³/mol. The molecule has 1 heterocycles. The molecule has 0 saturated carbocycles. The lowest BCUT2D eigenvalue weighted by Gasteiger charge is -2.23. The van der Waals surface area contributed by atoms with Crippen molar-refractivity contribution in [3.05, 3.63) is 82.9 Å². The molecule has 1 aromatic heterocycles. The molecule has 0 fully saturated rings. The van der Waals surface area contributed by atoms with Crippen LogP contribution in [-0.4, -0.2) is 24.5 Å². The van der Waals surface area contributed by atoms with Gasteiger partial charge in [-0.05, 0) is 67.8 Å². The molecule has 0 aliphatic rings. The molecule has 0 radical (unpaired) electrons. The van der Waals surface area contributed by atoms with E-state index in [-0.39, 0.29) is 16.0 Å². The molecule has 4 rings (SSSR count). The molecular formula is C23H20N2O4S2. The summed E-state index contributed by atoms with van der Waals surface area (Å²) < 4.78 is 29.8. The van der Waals surface area contributed by atoms with Crippen LogP contribution in [0, 0.1) is 20.8 Å². The molecule has 4 aromatic rings. The molecule has 0 atom stereocenters. The molecule has 3 aromatic carbocycles. The second-order valence-electron chi connectivity index (χ2n) is 7.26. The molecule has 0 bridgehead atoms. The van der Waals surface area contributed by atoms with E-state index in [2.05, 4.69) is 4.98 Å². The van der Waals surface area contributed by atoms with Gasteiger partial charge in [-0.3, -0.25) is 0 Å². The molecule has 8 heteroatoms. The van der Waals surface area contributed by atoms with Crippen LogP contribution in [0.4, 0.5) is 10.8 Å². The van der Waals surface area contributed by atoms with E-state index < -0.39 is 16.0 Å². The lowest BCUT2D eigenvalue weighted by Crippen LogP contribution is -2.27. The fourth-order valence-corrected chi connectivity index (χ4v) is 6.53. The molecule has 0 saturated heterocycles. The van der Waals surface area contributed by atoms with Crippen molar-refractivity contribution in [1.29, 1.82) is 0 Å². The van der Waals surface area contributed by atoms with Gasteiger partial charge in [-0.25, -0.2) is 22.5 Å². The molecule has 0 unspecified atom stereocenters. The average Bonchev–Trinajstić information content (AvgIpc) is 3.10. The zero-order valence-corrected chi connectivity index (χ0v) is 18.8. The van der Waals surface area contributed by atoms with Crippen molar-refractivity contribution in [2.45, 2.75) is 25.7 Å². The first kappa shape index (κ1) is 21.0. The SMILES string of the molecule is Cc1ccc2nc(N(c3ccccc3)S(=O)(=O)c3ccc(C)c(C(=O)O)c3C)sc2c1. The smallest absolute Gasteiger partial charge is 0.336 e. The number of aromatic nitrogens is 1. The second-order valence-corrected chi connectivity index (χ2v) is 10.0. The Bertz CT molecular complexity index is 1410. The quantitative estimate of drug-likeness (QED) is 0.435. The molecule has 0 amide bonds. The van der Waals surface area contributed by atoms with Crippen LogP contribution >= 0.6 is 11.3 Å². The van der Waals surface area contributed by atoms with Crippen molar-refractivity contribution in [2.24, 2.45) is 0 Å². The van der Waals surface area contributed by atoms with Crippen molar-refractivity contribution >= 4 is 48.4 Å². The number of aromatic carboxylic acids is 1. The van der Waals surface area contributed by atoms with Gasteiger partial charge in [0.05, 0.1) is 26.4 Å². The zero-order chi connectivity index (χ0) is 22.3. The van der Waals surface area contributed by atoms with Crippen LogP contribution in [-0.2, 0) is 10.0 Å². The summed E-state index contributed by atoms with van der Waals surface area (Å²) in [6, 6.07) is 17.4. The van der Waals surface area contributed by atoms with Crippen LogP contribution in [0.1, 0.15) is 27.0 Å². The zero-order valence-electron chi connectivity index (χ0n) is 17.2. The fourth-order valence-electron chi connectivity index (χ4n) is 3.56. The van der Waals surface area contributed by atoms with Crippen LogP contribution < -0.4 is 4.31 Å². The van der Waals surface area contributed by atoms with E-state index in [4.69, 9.17) is 0 Å². The number of hydrogen-bond acceptors (Lipinski definition) is 5. The van der Waals surface area contributed by atoms with Gasteiger partial charge in [-0.2, -0.15) is 0 Å². The largest absolute Gasteiger partial charge is 0.478 e. The Morgan fingerprint density at radius 3 is 2.39 bits per heavy atom. The van der Waals surface area contributed by atoms with Crippen molar-refractivity contribution in [3.8, 4) is 0 Å². The average molecular weight is 453 g/mol. The Labute approximate surface area is 184 Å². The number of fused-ring (bicyclic) bond motifs is 1. The van der Waals surface area contributed by atoms with Crippen LogP contribution in [0.5, 0.6) is 0 Å². The van der Waals surface area contributed by atoms with Gasteiger partial charge in [0, 0.05) is 0 Å². The molecule has 0 aliphatic carbocycles. The maximum absolute atomic E-state index is 13.9. The molecule has 1 N–H and O–H groups in total. The predicted octanol–water partition coefficient (Wildman–Crippen LogP) is 5.45. The van der Waals surface area contributed by atoms with E-state index in [1.54, 1.807) is 37.3 Å². The maximum atomic E-state index is 13.9.